The van der Waals surface area contributed by atoms with Gasteiger partial charge in [0.2, 0.25) is 0 Å². The monoisotopic (exact) mass is 244 g/mol. The lowest BCUT2D eigenvalue weighted by Gasteiger charge is -2.25. The van der Waals surface area contributed by atoms with Crippen molar-refractivity contribution in [1.29, 1.82) is 0 Å². The summed E-state index contributed by atoms with van der Waals surface area (Å²) in [5.41, 5.74) is 0.286. The molecule has 0 aliphatic carbocycles. The van der Waals surface area contributed by atoms with Gasteiger partial charge < -0.3 is 10.1 Å². The van der Waals surface area contributed by atoms with E-state index in [0.717, 1.165) is 24.1 Å². The Kier molecular flexibility index (Phi) is 5.62. The van der Waals surface area contributed by atoms with Crippen LogP contribution >= 0.6 is 11.8 Å². The fourth-order valence-electron chi connectivity index (χ4n) is 1.80. The van der Waals surface area contributed by atoms with Crippen molar-refractivity contribution in [2.75, 3.05) is 26.0 Å². The van der Waals surface area contributed by atoms with Gasteiger partial charge in [-0.2, -0.15) is 0 Å². The van der Waals surface area contributed by atoms with Crippen LogP contribution in [-0.2, 0) is 4.74 Å². The number of nitrogens with one attached hydrogen (secondary N) is 1. The van der Waals surface area contributed by atoms with Crippen LogP contribution in [0.25, 0.3) is 0 Å². The van der Waals surface area contributed by atoms with Gasteiger partial charge in [-0.15, -0.1) is 0 Å². The van der Waals surface area contributed by atoms with Crippen molar-refractivity contribution in [2.45, 2.75) is 39.2 Å². The Morgan fingerprint density at radius 1 is 1.50 bits per heavy atom. The van der Waals surface area contributed by atoms with Gasteiger partial charge in [-0.1, -0.05) is 32.5 Å². The molecule has 1 aliphatic rings. The molecule has 0 aromatic rings. The van der Waals surface area contributed by atoms with Crippen molar-refractivity contribution in [2.24, 2.45) is 10.9 Å². The van der Waals surface area contributed by atoms with Crippen LogP contribution in [0.1, 0.15) is 33.6 Å². The van der Waals surface area contributed by atoms with Crippen LogP contribution in [0.5, 0.6) is 0 Å². The molecule has 0 aromatic heterocycles. The third-order valence-electron chi connectivity index (χ3n) is 3.21. The molecule has 1 N–H and O–H groups in total. The average molecular weight is 244 g/mol. The van der Waals surface area contributed by atoms with Gasteiger partial charge in [-0.3, -0.25) is 4.99 Å². The highest BCUT2D eigenvalue weighted by molar-refractivity contribution is 8.14. The zero-order valence-corrected chi connectivity index (χ0v) is 11.7. The molecule has 1 fully saturated rings. The van der Waals surface area contributed by atoms with Gasteiger partial charge in [0.1, 0.15) is 0 Å². The van der Waals surface area contributed by atoms with E-state index in [-0.39, 0.29) is 5.54 Å². The maximum Gasteiger partial charge on any atom is 0.157 e. The highest BCUT2D eigenvalue weighted by Crippen LogP contribution is 2.28. The molecule has 0 spiro atoms. The number of nitrogens with zero attached hydrogens (tertiary/aromatic N) is 1. The summed E-state index contributed by atoms with van der Waals surface area (Å²) in [5.74, 6) is 1.65. The Labute approximate surface area is 103 Å². The number of rotatable bonds is 6. The maximum absolute atomic E-state index is 5.11. The van der Waals surface area contributed by atoms with Crippen LogP contribution in [-0.4, -0.2) is 36.7 Å². The largest absolute Gasteiger partial charge is 0.384 e. The van der Waals surface area contributed by atoms with Crippen LogP contribution in [0.4, 0.5) is 0 Å². The van der Waals surface area contributed by atoms with Crippen LogP contribution in [0.2, 0.25) is 0 Å². The van der Waals surface area contributed by atoms with E-state index in [2.05, 4.69) is 31.1 Å². The fourth-order valence-corrected chi connectivity index (χ4v) is 3.15. The lowest BCUT2D eigenvalue weighted by Crippen LogP contribution is -2.42. The van der Waals surface area contributed by atoms with Crippen LogP contribution < -0.4 is 5.32 Å². The quantitative estimate of drug-likeness (QED) is 0.779. The molecular formula is C12H24N2OS. The lowest BCUT2D eigenvalue weighted by molar-refractivity contribution is 0.163. The minimum Gasteiger partial charge on any atom is -0.384 e. The molecule has 94 valence electrons. The highest BCUT2D eigenvalue weighted by atomic mass is 32.2. The molecule has 1 heterocycles. The Hall–Kier alpha value is -0.220. The van der Waals surface area contributed by atoms with Crippen LogP contribution in [0.3, 0.4) is 0 Å². The number of hydrogen-bond donors (Lipinski definition) is 1. The molecule has 1 unspecified atom stereocenters. The normalized spacial score (nSPS) is 23.4. The van der Waals surface area contributed by atoms with E-state index in [1.165, 1.54) is 12.8 Å². The van der Waals surface area contributed by atoms with Crippen molar-refractivity contribution >= 4 is 16.9 Å². The fraction of sp³-hybridized carbons (Fsp3) is 0.917. The van der Waals surface area contributed by atoms with Crippen molar-refractivity contribution in [3.8, 4) is 0 Å². The van der Waals surface area contributed by atoms with E-state index in [0.29, 0.717) is 5.92 Å². The lowest BCUT2D eigenvalue weighted by atomic mass is 9.96. The first-order chi connectivity index (χ1) is 7.65. The molecule has 0 saturated carbocycles. The molecule has 1 aliphatic heterocycles. The summed E-state index contributed by atoms with van der Waals surface area (Å²) < 4.78 is 5.11. The second-order valence-electron chi connectivity index (χ2n) is 4.61. The predicted molar refractivity (Wildman–Crippen MR) is 72.2 cm³/mol. The third kappa shape index (κ3) is 3.67. The Balaban J connectivity index is 2.43. The van der Waals surface area contributed by atoms with Gasteiger partial charge in [-0.25, -0.2) is 0 Å². The van der Waals surface area contributed by atoms with E-state index in [1.54, 1.807) is 7.11 Å². The van der Waals surface area contributed by atoms with Crippen molar-refractivity contribution in [1.82, 2.24) is 5.32 Å². The SMILES string of the molecule is CCC1(CC)CSC(=NCC(C)COC)N1. The first kappa shape index (κ1) is 13.8. The number of hydrogen-bond acceptors (Lipinski definition) is 3. The summed E-state index contributed by atoms with van der Waals surface area (Å²) in [7, 11) is 1.74. The zero-order valence-electron chi connectivity index (χ0n) is 10.9. The van der Waals surface area contributed by atoms with Gasteiger partial charge >= 0.3 is 0 Å². The first-order valence-electron chi connectivity index (χ1n) is 6.10. The molecule has 1 rings (SSSR count). The maximum atomic E-state index is 5.11. The minimum atomic E-state index is 0.286. The number of amidine groups is 1. The molecule has 3 nitrogen and oxygen atoms in total. The smallest absolute Gasteiger partial charge is 0.157 e. The van der Waals surface area contributed by atoms with Crippen molar-refractivity contribution in [3.05, 3.63) is 0 Å². The molecule has 4 heteroatoms. The Bertz CT molecular complexity index is 239. The molecule has 0 bridgehead atoms. The van der Waals surface area contributed by atoms with E-state index in [9.17, 15) is 0 Å². The van der Waals surface area contributed by atoms with E-state index < -0.39 is 0 Å². The topological polar surface area (TPSA) is 33.6 Å². The average Bonchev–Trinajstić information content (AvgIpc) is 2.71. The summed E-state index contributed by atoms with van der Waals surface area (Å²) in [4.78, 5) is 4.62. The first-order valence-corrected chi connectivity index (χ1v) is 7.08. The molecule has 0 aromatic carbocycles. The Morgan fingerprint density at radius 2 is 2.19 bits per heavy atom. The summed E-state index contributed by atoms with van der Waals surface area (Å²) in [5, 5.41) is 4.69. The summed E-state index contributed by atoms with van der Waals surface area (Å²) in [6.07, 6.45) is 2.34. The van der Waals surface area contributed by atoms with Gasteiger partial charge in [0.25, 0.3) is 0 Å². The zero-order chi connectivity index (χ0) is 12.0. The van der Waals surface area contributed by atoms with Crippen molar-refractivity contribution in [3.63, 3.8) is 0 Å². The van der Waals surface area contributed by atoms with Crippen LogP contribution in [0, 0.1) is 5.92 Å². The van der Waals surface area contributed by atoms with Crippen LogP contribution in [0.15, 0.2) is 4.99 Å². The van der Waals surface area contributed by atoms with Crippen molar-refractivity contribution < 1.29 is 4.74 Å². The minimum absolute atomic E-state index is 0.286. The molecule has 1 atom stereocenters. The predicted octanol–water partition coefficient (Wildman–Crippen LogP) is 2.52. The summed E-state index contributed by atoms with van der Waals surface area (Å²) in [6.45, 7) is 8.29. The van der Waals surface area contributed by atoms with E-state index in [4.69, 9.17) is 4.74 Å². The molecule has 0 amide bonds. The summed E-state index contributed by atoms with van der Waals surface area (Å²) in [6, 6.07) is 0. The number of ether oxygens (including phenoxy) is 1. The summed E-state index contributed by atoms with van der Waals surface area (Å²) >= 11 is 1.86. The van der Waals surface area contributed by atoms with Gasteiger partial charge in [0.05, 0.1) is 6.61 Å². The Morgan fingerprint density at radius 3 is 2.69 bits per heavy atom. The second kappa shape index (κ2) is 6.50. The van der Waals surface area contributed by atoms with E-state index >= 15 is 0 Å². The number of methoxy groups -OCH3 is 1. The highest BCUT2D eigenvalue weighted by Gasteiger charge is 2.33. The molecule has 0 radical (unpaired) electrons. The van der Waals surface area contributed by atoms with Gasteiger partial charge in [-0.05, 0) is 18.8 Å². The molecular weight excluding hydrogens is 220 g/mol. The second-order valence-corrected chi connectivity index (χ2v) is 5.57. The molecule has 16 heavy (non-hydrogen) atoms. The van der Waals surface area contributed by atoms with E-state index in [1.807, 2.05) is 11.8 Å². The number of aliphatic imine (C=N–C) groups is 1. The van der Waals surface area contributed by atoms with Gasteiger partial charge in [0, 0.05) is 24.9 Å². The standard InChI is InChI=1S/C12H24N2OS/c1-5-12(6-2)9-16-11(14-12)13-7-10(3)8-15-4/h10H,5-9H2,1-4H3,(H,13,14). The number of thioether (sulfide) groups is 1. The van der Waals surface area contributed by atoms with Gasteiger partial charge in [0.15, 0.2) is 5.17 Å². The molecule has 1 saturated heterocycles. The third-order valence-corrected chi connectivity index (χ3v) is 4.41.